The van der Waals surface area contributed by atoms with Gasteiger partial charge >= 0.3 is 0 Å². The van der Waals surface area contributed by atoms with Gasteiger partial charge in [0.1, 0.15) is 27.2 Å². The van der Waals surface area contributed by atoms with E-state index < -0.39 is 16.1 Å². The second-order valence-corrected chi connectivity index (χ2v) is 17.1. The van der Waals surface area contributed by atoms with Gasteiger partial charge in [-0.05, 0) is 12.1 Å². The number of benzene rings is 1. The molecule has 0 spiro atoms. The van der Waals surface area contributed by atoms with Crippen LogP contribution in [0.3, 0.4) is 0 Å². The lowest BCUT2D eigenvalue weighted by atomic mass is 10.1. The molecule has 5 heteroatoms. The van der Waals surface area contributed by atoms with Crippen LogP contribution in [0.5, 0.6) is 0 Å². The van der Waals surface area contributed by atoms with Gasteiger partial charge in [-0.25, -0.2) is 0 Å². The molecule has 0 aliphatic heterocycles. The molecule has 0 N–H and O–H groups in total. The van der Waals surface area contributed by atoms with Crippen molar-refractivity contribution in [1.82, 2.24) is 8.75 Å². The normalized spacial score (nSPS) is 11.5. The summed E-state index contributed by atoms with van der Waals surface area (Å²) in [6, 6.07) is 4.03. The van der Waals surface area contributed by atoms with Gasteiger partial charge < -0.3 is 0 Å². The lowest BCUT2D eigenvalue weighted by Gasteiger charge is -2.06. The average Bonchev–Trinajstić information content (AvgIpc) is 2.80. The second-order valence-electron chi connectivity index (χ2n) is 7.12. The Morgan fingerprint density at radius 3 is 2.10 bits per heavy atom. The third-order valence-corrected chi connectivity index (χ3v) is 4.86. The van der Waals surface area contributed by atoms with E-state index in [0.29, 0.717) is 0 Å². The van der Waals surface area contributed by atoms with Gasteiger partial charge in [-0.2, -0.15) is 8.75 Å². The predicted molar refractivity (Wildman–Crippen MR) is 97.9 cm³/mol. The molecule has 2 nitrogen and oxygen atoms in total. The average molecular weight is 329 g/mol. The van der Waals surface area contributed by atoms with Crippen molar-refractivity contribution < 1.29 is 0 Å². The Kier molecular flexibility index (Phi) is 4.39. The van der Waals surface area contributed by atoms with Crippen molar-refractivity contribution in [3.8, 4) is 22.9 Å². The van der Waals surface area contributed by atoms with E-state index >= 15 is 0 Å². The van der Waals surface area contributed by atoms with Gasteiger partial charge in [-0.1, -0.05) is 51.1 Å². The van der Waals surface area contributed by atoms with Crippen LogP contribution in [-0.2, 0) is 0 Å². The number of rotatable bonds is 0. The minimum absolute atomic E-state index is 0.896. The fraction of sp³-hybridized carbons (Fsp3) is 0.375. The molecule has 1 aromatic carbocycles. The number of hydrogen-bond acceptors (Lipinski definition) is 3. The van der Waals surface area contributed by atoms with Crippen LogP contribution in [0.15, 0.2) is 12.1 Å². The molecule has 0 atom stereocenters. The summed E-state index contributed by atoms with van der Waals surface area (Å²) in [6.07, 6.45) is 0. The van der Waals surface area contributed by atoms with Gasteiger partial charge in [-0.15, -0.1) is 11.1 Å². The Hall–Kier alpha value is -1.41. The maximum absolute atomic E-state index is 4.41. The van der Waals surface area contributed by atoms with Crippen LogP contribution in [-0.4, -0.2) is 24.9 Å². The molecule has 1 heterocycles. The fourth-order valence-electron chi connectivity index (χ4n) is 1.59. The first-order chi connectivity index (χ1) is 9.66. The number of nitrogens with zero attached hydrogens (tertiary/aromatic N) is 2. The molecule has 2 rings (SSSR count). The first kappa shape index (κ1) is 16.0. The van der Waals surface area contributed by atoms with Crippen LogP contribution < -0.4 is 0 Å². The monoisotopic (exact) mass is 328 g/mol. The minimum Gasteiger partial charge on any atom is -0.173 e. The van der Waals surface area contributed by atoms with Gasteiger partial charge in [0, 0.05) is 5.56 Å². The van der Waals surface area contributed by atoms with Crippen molar-refractivity contribution in [2.75, 3.05) is 0 Å². The van der Waals surface area contributed by atoms with E-state index in [1.807, 2.05) is 12.1 Å². The molecular weight excluding hydrogens is 308 g/mol. The smallest absolute Gasteiger partial charge is 0.129 e. The van der Waals surface area contributed by atoms with Gasteiger partial charge in [-0.3, -0.25) is 0 Å². The van der Waals surface area contributed by atoms with Crippen molar-refractivity contribution in [3.63, 3.8) is 0 Å². The highest BCUT2D eigenvalue weighted by atomic mass is 32.1. The van der Waals surface area contributed by atoms with Gasteiger partial charge in [0.25, 0.3) is 0 Å². The van der Waals surface area contributed by atoms with E-state index in [1.54, 1.807) is 0 Å². The van der Waals surface area contributed by atoms with Crippen LogP contribution in [0.4, 0.5) is 0 Å². The van der Waals surface area contributed by atoms with E-state index in [0.717, 1.165) is 22.2 Å². The Balaban J connectivity index is 2.64. The molecule has 2 aromatic rings. The van der Waals surface area contributed by atoms with Gasteiger partial charge in [0.2, 0.25) is 0 Å². The van der Waals surface area contributed by atoms with E-state index in [9.17, 15) is 0 Å². The SMILES string of the molecule is C[Si](C)(C)C#Cc1ccc2nsnc2c1C#C[Si](C)(C)C. The molecule has 108 valence electrons. The highest BCUT2D eigenvalue weighted by molar-refractivity contribution is 7.00. The summed E-state index contributed by atoms with van der Waals surface area (Å²) in [5, 5.41) is 0. The minimum atomic E-state index is -1.43. The molecule has 0 amide bonds. The Labute approximate surface area is 133 Å². The van der Waals surface area contributed by atoms with E-state index in [4.69, 9.17) is 0 Å². The molecule has 0 radical (unpaired) electrons. The maximum atomic E-state index is 4.41. The molecule has 0 saturated carbocycles. The van der Waals surface area contributed by atoms with Crippen LogP contribution in [0.2, 0.25) is 39.3 Å². The van der Waals surface area contributed by atoms with Crippen molar-refractivity contribution in [2.45, 2.75) is 39.3 Å². The van der Waals surface area contributed by atoms with E-state index in [-0.39, 0.29) is 0 Å². The summed E-state index contributed by atoms with van der Waals surface area (Å²) in [7, 11) is -2.84. The van der Waals surface area contributed by atoms with E-state index in [2.05, 4.69) is 71.0 Å². The zero-order valence-electron chi connectivity index (χ0n) is 13.5. The molecule has 0 saturated heterocycles. The first-order valence-corrected chi connectivity index (χ1v) is 14.7. The van der Waals surface area contributed by atoms with Crippen molar-refractivity contribution in [2.24, 2.45) is 0 Å². The summed E-state index contributed by atoms with van der Waals surface area (Å²) >= 11 is 1.24. The van der Waals surface area contributed by atoms with Crippen molar-refractivity contribution in [3.05, 3.63) is 23.3 Å². The molecular formula is C16H20N2SSi2. The second kappa shape index (κ2) is 5.77. The molecule has 0 aliphatic rings. The van der Waals surface area contributed by atoms with Crippen LogP contribution in [0.1, 0.15) is 11.1 Å². The zero-order chi connectivity index (χ0) is 15.7. The quantitative estimate of drug-likeness (QED) is 0.536. The summed E-state index contributed by atoms with van der Waals surface area (Å²) in [5.41, 5.74) is 10.6. The Morgan fingerprint density at radius 2 is 1.48 bits per heavy atom. The Morgan fingerprint density at radius 1 is 0.857 bits per heavy atom. The van der Waals surface area contributed by atoms with Crippen LogP contribution in [0.25, 0.3) is 11.0 Å². The number of hydrogen-bond donors (Lipinski definition) is 0. The first-order valence-electron chi connectivity index (χ1n) is 6.97. The highest BCUT2D eigenvalue weighted by Crippen LogP contribution is 2.20. The third-order valence-electron chi connectivity index (χ3n) is 2.56. The largest absolute Gasteiger partial charge is 0.173 e. The highest BCUT2D eigenvalue weighted by Gasteiger charge is 2.12. The van der Waals surface area contributed by atoms with Crippen molar-refractivity contribution >= 4 is 38.9 Å². The molecule has 1 aromatic heterocycles. The lowest BCUT2D eigenvalue weighted by molar-refractivity contribution is 1.57. The standard InChI is InChI=1S/C16H20N2SSi2/c1-20(2,3)11-9-13-7-8-15-16(18-19-17-15)14(13)10-12-21(4,5)6/h7-8H,1-6H3. The van der Waals surface area contributed by atoms with E-state index in [1.165, 1.54) is 11.7 Å². The third kappa shape index (κ3) is 4.54. The zero-order valence-corrected chi connectivity index (χ0v) is 16.3. The number of aromatic nitrogens is 2. The van der Waals surface area contributed by atoms with Crippen molar-refractivity contribution in [1.29, 1.82) is 0 Å². The summed E-state index contributed by atoms with van der Waals surface area (Å²) < 4.78 is 8.72. The van der Waals surface area contributed by atoms with Crippen LogP contribution >= 0.6 is 11.7 Å². The summed E-state index contributed by atoms with van der Waals surface area (Å²) in [6.45, 7) is 13.5. The fourth-order valence-corrected chi connectivity index (χ4v) is 3.14. The van der Waals surface area contributed by atoms with Gasteiger partial charge in [0.05, 0.1) is 17.3 Å². The predicted octanol–water partition coefficient (Wildman–Crippen LogP) is 4.15. The number of fused-ring (bicyclic) bond motifs is 1. The van der Waals surface area contributed by atoms with Gasteiger partial charge in [0.15, 0.2) is 0 Å². The summed E-state index contributed by atoms with van der Waals surface area (Å²) in [4.78, 5) is 0. The molecule has 0 bridgehead atoms. The maximum Gasteiger partial charge on any atom is 0.129 e. The van der Waals surface area contributed by atoms with Crippen LogP contribution in [0, 0.1) is 22.9 Å². The molecule has 0 aliphatic carbocycles. The Bertz CT molecular complexity index is 787. The molecule has 0 unspecified atom stereocenters. The molecule has 21 heavy (non-hydrogen) atoms. The lowest BCUT2D eigenvalue weighted by Crippen LogP contribution is -2.17. The molecule has 0 fully saturated rings. The summed E-state index contributed by atoms with van der Waals surface area (Å²) in [5.74, 6) is 6.68. The topological polar surface area (TPSA) is 25.8 Å².